The van der Waals surface area contributed by atoms with Gasteiger partial charge >= 0.3 is 0 Å². The lowest BCUT2D eigenvalue weighted by Gasteiger charge is -2.04. The van der Waals surface area contributed by atoms with Crippen LogP contribution in [0.5, 0.6) is 5.75 Å². The molecule has 0 aliphatic carbocycles. The summed E-state index contributed by atoms with van der Waals surface area (Å²) in [6.45, 7) is 0. The molecule has 0 unspecified atom stereocenters. The first-order valence-corrected chi connectivity index (χ1v) is 6.41. The molecular weight excluding hydrogens is 422 g/mol. The molecule has 0 heterocycles. The summed E-state index contributed by atoms with van der Waals surface area (Å²) < 4.78 is 35.9. The fourth-order valence-corrected chi connectivity index (χ4v) is 3.24. The summed E-state index contributed by atoms with van der Waals surface area (Å²) in [7, 11) is -4.20. The Balaban J connectivity index is 3.47. The van der Waals surface area contributed by atoms with Crippen molar-refractivity contribution < 1.29 is 16.0 Å². The average molecular weight is 426 g/mol. The van der Waals surface area contributed by atoms with Gasteiger partial charge in [-0.1, -0.05) is 6.07 Å². The molecular formula is C6H4I2O4S. The normalized spacial score (nSPS) is 11.3. The van der Waals surface area contributed by atoms with Gasteiger partial charge in [-0.2, -0.15) is 8.42 Å². The first-order valence-electron chi connectivity index (χ1n) is 3.01. The van der Waals surface area contributed by atoms with Gasteiger partial charge < -0.3 is 3.07 Å². The van der Waals surface area contributed by atoms with Gasteiger partial charge in [-0.25, -0.2) is 0 Å². The maximum Gasteiger partial charge on any atom is 0.298 e. The van der Waals surface area contributed by atoms with E-state index in [1.54, 1.807) is 29.1 Å². The molecule has 0 saturated carbocycles. The van der Waals surface area contributed by atoms with Crippen LogP contribution < -0.4 is 3.07 Å². The zero-order valence-corrected chi connectivity index (χ0v) is 11.2. The molecule has 1 aromatic carbocycles. The monoisotopic (exact) mass is 426 g/mol. The third-order valence-corrected chi connectivity index (χ3v) is 3.45. The third kappa shape index (κ3) is 2.67. The molecule has 0 radical (unpaired) electrons. The van der Waals surface area contributed by atoms with E-state index in [0.717, 1.165) is 0 Å². The first-order chi connectivity index (χ1) is 5.96. The van der Waals surface area contributed by atoms with Gasteiger partial charge in [0.25, 0.3) is 10.1 Å². The minimum atomic E-state index is -4.20. The van der Waals surface area contributed by atoms with E-state index in [-0.39, 0.29) is 10.6 Å². The summed E-state index contributed by atoms with van der Waals surface area (Å²) in [4.78, 5) is -0.214. The van der Waals surface area contributed by atoms with Crippen molar-refractivity contribution in [3.05, 3.63) is 21.8 Å². The van der Waals surface area contributed by atoms with E-state index in [1.165, 1.54) is 12.1 Å². The van der Waals surface area contributed by atoms with Crippen molar-refractivity contribution in [1.29, 1.82) is 0 Å². The van der Waals surface area contributed by atoms with E-state index >= 15 is 0 Å². The van der Waals surface area contributed by atoms with Crippen LogP contribution in [0.25, 0.3) is 0 Å². The Kier molecular flexibility index (Phi) is 3.77. The summed E-state index contributed by atoms with van der Waals surface area (Å²) in [6.07, 6.45) is 0. The number of benzene rings is 1. The van der Waals surface area contributed by atoms with Crippen molar-refractivity contribution in [2.24, 2.45) is 0 Å². The van der Waals surface area contributed by atoms with Gasteiger partial charge in [0.2, 0.25) is 0 Å². The molecule has 1 N–H and O–H groups in total. The van der Waals surface area contributed by atoms with Crippen molar-refractivity contribution in [3.63, 3.8) is 0 Å². The highest BCUT2D eigenvalue weighted by atomic mass is 127. The van der Waals surface area contributed by atoms with E-state index < -0.39 is 10.1 Å². The van der Waals surface area contributed by atoms with Crippen LogP contribution in [0.1, 0.15) is 0 Å². The molecule has 0 aromatic heterocycles. The van der Waals surface area contributed by atoms with Crippen LogP contribution in [-0.4, -0.2) is 13.0 Å². The molecule has 0 saturated heterocycles. The molecule has 4 nitrogen and oxygen atoms in total. The standard InChI is InChI=1S/C6H4I2O4S/c7-4-2-1-3-5(6(4)12-8)13(9,10)11/h1-3H,(H,9,10,11). The van der Waals surface area contributed by atoms with Crippen molar-refractivity contribution in [2.45, 2.75) is 4.90 Å². The molecule has 0 atom stereocenters. The maximum absolute atomic E-state index is 10.8. The van der Waals surface area contributed by atoms with Gasteiger partial charge in [-0.15, -0.1) is 0 Å². The van der Waals surface area contributed by atoms with E-state index in [0.29, 0.717) is 3.57 Å². The molecule has 0 bridgehead atoms. The zero-order valence-electron chi connectivity index (χ0n) is 6.07. The summed E-state index contributed by atoms with van der Waals surface area (Å²) in [6, 6.07) is 4.50. The quantitative estimate of drug-likeness (QED) is 0.583. The highest BCUT2D eigenvalue weighted by Crippen LogP contribution is 2.30. The van der Waals surface area contributed by atoms with Gasteiger partial charge in [-0.3, -0.25) is 4.55 Å². The van der Waals surface area contributed by atoms with Gasteiger partial charge in [0.1, 0.15) is 4.90 Å². The van der Waals surface area contributed by atoms with Crippen LogP contribution in [0.4, 0.5) is 0 Å². The van der Waals surface area contributed by atoms with Crippen LogP contribution in [0.2, 0.25) is 0 Å². The Hall–Kier alpha value is 0.390. The van der Waals surface area contributed by atoms with Gasteiger partial charge in [-0.05, 0) is 34.7 Å². The number of rotatable bonds is 2. The average Bonchev–Trinajstić information content (AvgIpc) is 2.02. The zero-order chi connectivity index (χ0) is 10.1. The second-order valence-electron chi connectivity index (χ2n) is 2.12. The highest BCUT2D eigenvalue weighted by Gasteiger charge is 2.18. The molecule has 1 aromatic rings. The molecule has 0 fully saturated rings. The number of halogens is 2. The van der Waals surface area contributed by atoms with Gasteiger partial charge in [0.05, 0.1) is 3.57 Å². The smallest absolute Gasteiger partial charge is 0.298 e. The van der Waals surface area contributed by atoms with Crippen molar-refractivity contribution in [1.82, 2.24) is 0 Å². The summed E-state index contributed by atoms with van der Waals surface area (Å²) >= 11 is 3.48. The molecule has 7 heteroatoms. The minimum absolute atomic E-state index is 0.159. The maximum atomic E-state index is 10.8. The van der Waals surface area contributed by atoms with Crippen molar-refractivity contribution in [2.75, 3.05) is 0 Å². The highest BCUT2D eigenvalue weighted by molar-refractivity contribution is 14.1. The van der Waals surface area contributed by atoms with E-state index in [1.807, 2.05) is 22.6 Å². The number of hydrogen-bond donors (Lipinski definition) is 1. The SMILES string of the molecule is O=S(=O)(O)c1cccc(I)c1OI. The molecule has 0 spiro atoms. The van der Waals surface area contributed by atoms with E-state index in [2.05, 4.69) is 0 Å². The van der Waals surface area contributed by atoms with Gasteiger partial charge in [0, 0.05) is 0 Å². The number of hydrogen-bond acceptors (Lipinski definition) is 3. The van der Waals surface area contributed by atoms with Crippen LogP contribution in [-0.2, 0) is 10.1 Å². The summed E-state index contributed by atoms with van der Waals surface area (Å²) in [5.41, 5.74) is 0. The summed E-state index contributed by atoms with van der Waals surface area (Å²) in [5.74, 6) is 0.159. The molecule has 0 amide bonds. The lowest BCUT2D eigenvalue weighted by molar-refractivity contribution is 0.480. The minimum Gasteiger partial charge on any atom is -0.425 e. The molecule has 72 valence electrons. The fourth-order valence-electron chi connectivity index (χ4n) is 0.767. The van der Waals surface area contributed by atoms with Crippen molar-refractivity contribution >= 4 is 55.7 Å². The second-order valence-corrected chi connectivity index (χ2v) is 5.11. The lowest BCUT2D eigenvalue weighted by atomic mass is 10.3. The Morgan fingerprint density at radius 3 is 2.38 bits per heavy atom. The molecule has 13 heavy (non-hydrogen) atoms. The third-order valence-electron chi connectivity index (χ3n) is 1.29. The second kappa shape index (κ2) is 4.28. The van der Waals surface area contributed by atoms with E-state index in [4.69, 9.17) is 7.62 Å². The predicted octanol–water partition coefficient (Wildman–Crippen LogP) is 2.27. The fraction of sp³-hybridized carbons (Fsp3) is 0. The van der Waals surface area contributed by atoms with Gasteiger partial charge in [0.15, 0.2) is 28.8 Å². The van der Waals surface area contributed by atoms with Crippen LogP contribution >= 0.6 is 45.6 Å². The summed E-state index contributed by atoms with van der Waals surface area (Å²) in [5, 5.41) is 0. The Labute approximate surface area is 103 Å². The number of para-hydroxylation sites is 1. The molecule has 1 rings (SSSR count). The molecule has 0 aliphatic heterocycles. The topological polar surface area (TPSA) is 63.6 Å². The lowest BCUT2D eigenvalue weighted by Crippen LogP contribution is -2.00. The Morgan fingerprint density at radius 1 is 1.38 bits per heavy atom. The van der Waals surface area contributed by atoms with Crippen LogP contribution in [0, 0.1) is 3.57 Å². The Bertz CT molecular complexity index is 415. The Morgan fingerprint density at radius 2 is 2.00 bits per heavy atom. The van der Waals surface area contributed by atoms with Crippen molar-refractivity contribution in [3.8, 4) is 5.75 Å². The largest absolute Gasteiger partial charge is 0.425 e. The molecule has 0 aliphatic rings. The van der Waals surface area contributed by atoms with Crippen LogP contribution in [0.15, 0.2) is 23.1 Å². The predicted molar refractivity (Wildman–Crippen MR) is 63.6 cm³/mol. The first kappa shape index (κ1) is 11.5. The van der Waals surface area contributed by atoms with E-state index in [9.17, 15) is 8.42 Å². The van der Waals surface area contributed by atoms with Crippen LogP contribution in [0.3, 0.4) is 0 Å².